The molecule has 9 heteroatoms. The van der Waals surface area contributed by atoms with E-state index >= 15 is 0 Å². The number of likely N-dealkylation sites (tertiary alicyclic amines) is 1. The molecule has 0 aliphatic carbocycles. The van der Waals surface area contributed by atoms with Crippen LogP contribution >= 0.6 is 0 Å². The molecule has 1 aromatic carbocycles. The Bertz CT molecular complexity index is 797. The maximum Gasteiger partial charge on any atom is 0.416 e. The van der Waals surface area contributed by atoms with Gasteiger partial charge in [0, 0.05) is 12.7 Å². The number of hydrogen-bond donors (Lipinski definition) is 2. The first kappa shape index (κ1) is 17.2. The molecule has 1 aromatic heterocycles. The van der Waals surface area contributed by atoms with Crippen LogP contribution in [0.1, 0.15) is 33.9 Å². The number of rotatable bonds is 2. The maximum atomic E-state index is 12.9. The first-order chi connectivity index (χ1) is 11.8. The molecule has 0 radical (unpaired) electrons. The van der Waals surface area contributed by atoms with Crippen LogP contribution in [0.3, 0.4) is 0 Å². The molecule has 3 N–H and O–H groups in total. The third-order valence-corrected chi connectivity index (χ3v) is 4.11. The zero-order valence-corrected chi connectivity index (χ0v) is 12.9. The number of carbonyl (C=O) groups is 1. The molecule has 0 bridgehead atoms. The molecular weight excluding hydrogens is 337 g/mol. The van der Waals surface area contributed by atoms with Gasteiger partial charge in [-0.3, -0.25) is 4.79 Å². The minimum Gasteiger partial charge on any atom is -0.391 e. The van der Waals surface area contributed by atoms with Crippen molar-refractivity contribution in [2.45, 2.75) is 24.7 Å². The smallest absolute Gasteiger partial charge is 0.391 e. The maximum absolute atomic E-state index is 12.9. The molecule has 1 aliphatic heterocycles. The first-order valence-electron chi connectivity index (χ1n) is 7.49. The number of halogens is 3. The number of alkyl halides is 3. The SMILES string of the molecule is Nc1ncncc1C(=O)N1C[C@H](O)C[C@H]1c1cccc(C(F)(F)F)c1. The van der Waals surface area contributed by atoms with Gasteiger partial charge >= 0.3 is 6.18 Å². The van der Waals surface area contributed by atoms with E-state index in [0.29, 0.717) is 5.56 Å². The Hall–Kier alpha value is -2.68. The Kier molecular flexibility index (Phi) is 4.34. The summed E-state index contributed by atoms with van der Waals surface area (Å²) in [5.41, 5.74) is 5.23. The summed E-state index contributed by atoms with van der Waals surface area (Å²) in [5, 5.41) is 9.95. The number of benzene rings is 1. The van der Waals surface area contributed by atoms with E-state index in [-0.39, 0.29) is 24.3 Å². The van der Waals surface area contributed by atoms with Crippen LogP contribution in [-0.2, 0) is 6.18 Å². The van der Waals surface area contributed by atoms with E-state index in [4.69, 9.17) is 5.73 Å². The molecule has 25 heavy (non-hydrogen) atoms. The fourth-order valence-electron chi connectivity index (χ4n) is 2.94. The van der Waals surface area contributed by atoms with Gasteiger partial charge in [0.05, 0.1) is 17.7 Å². The van der Waals surface area contributed by atoms with Gasteiger partial charge in [-0.15, -0.1) is 0 Å². The number of carbonyl (C=O) groups excluding carboxylic acids is 1. The zero-order chi connectivity index (χ0) is 18.2. The van der Waals surface area contributed by atoms with E-state index in [1.165, 1.54) is 29.6 Å². The summed E-state index contributed by atoms with van der Waals surface area (Å²) < 4.78 is 38.8. The second-order valence-electron chi connectivity index (χ2n) is 5.81. The lowest BCUT2D eigenvalue weighted by Crippen LogP contribution is -2.32. The highest BCUT2D eigenvalue weighted by Crippen LogP contribution is 2.37. The van der Waals surface area contributed by atoms with Gasteiger partial charge in [0.25, 0.3) is 5.91 Å². The molecule has 6 nitrogen and oxygen atoms in total. The Morgan fingerprint density at radius 2 is 2.12 bits per heavy atom. The van der Waals surface area contributed by atoms with E-state index in [9.17, 15) is 23.1 Å². The highest BCUT2D eigenvalue weighted by molar-refractivity contribution is 5.98. The van der Waals surface area contributed by atoms with Gasteiger partial charge in [-0.2, -0.15) is 13.2 Å². The number of nitrogens with two attached hydrogens (primary N) is 1. The predicted molar refractivity (Wildman–Crippen MR) is 82.3 cm³/mol. The van der Waals surface area contributed by atoms with Crippen molar-refractivity contribution in [3.05, 3.63) is 53.5 Å². The van der Waals surface area contributed by atoms with Gasteiger partial charge in [-0.1, -0.05) is 12.1 Å². The number of nitrogens with zero attached hydrogens (tertiary/aromatic N) is 3. The van der Waals surface area contributed by atoms with Crippen LogP contribution in [0, 0.1) is 0 Å². The number of nitrogen functional groups attached to an aromatic ring is 1. The van der Waals surface area contributed by atoms with Gasteiger partial charge in [0.15, 0.2) is 0 Å². The number of anilines is 1. The predicted octanol–water partition coefficient (Wildman–Crippen LogP) is 2.03. The molecule has 2 atom stereocenters. The average Bonchev–Trinajstić information content (AvgIpc) is 2.96. The number of aromatic nitrogens is 2. The van der Waals surface area contributed by atoms with Crippen molar-refractivity contribution in [1.29, 1.82) is 0 Å². The lowest BCUT2D eigenvalue weighted by atomic mass is 10.0. The molecule has 1 aliphatic rings. The van der Waals surface area contributed by atoms with Crippen molar-refractivity contribution < 1.29 is 23.1 Å². The Balaban J connectivity index is 1.95. The number of hydrogen-bond acceptors (Lipinski definition) is 5. The summed E-state index contributed by atoms with van der Waals surface area (Å²) in [6, 6.07) is 4.05. The lowest BCUT2D eigenvalue weighted by Gasteiger charge is -2.25. The van der Waals surface area contributed by atoms with Crippen LogP contribution in [0.25, 0.3) is 0 Å². The molecule has 1 amide bonds. The molecule has 1 fully saturated rings. The molecule has 0 unspecified atom stereocenters. The van der Waals surface area contributed by atoms with Crippen LogP contribution in [0.4, 0.5) is 19.0 Å². The minimum atomic E-state index is -4.49. The Labute approximate surface area is 141 Å². The van der Waals surface area contributed by atoms with Gasteiger partial charge < -0.3 is 15.7 Å². The molecule has 2 heterocycles. The monoisotopic (exact) mass is 352 g/mol. The molecular formula is C16H15F3N4O2. The van der Waals surface area contributed by atoms with Crippen molar-refractivity contribution in [1.82, 2.24) is 14.9 Å². The number of aliphatic hydroxyl groups is 1. The minimum absolute atomic E-state index is 0.00587. The third kappa shape index (κ3) is 3.41. The highest BCUT2D eigenvalue weighted by atomic mass is 19.4. The topological polar surface area (TPSA) is 92.3 Å². The summed E-state index contributed by atoms with van der Waals surface area (Å²) in [6.07, 6.45) is -2.75. The van der Waals surface area contributed by atoms with Crippen molar-refractivity contribution in [2.75, 3.05) is 12.3 Å². The molecule has 0 spiro atoms. The van der Waals surface area contributed by atoms with Gasteiger partial charge in [0.2, 0.25) is 0 Å². The molecule has 2 aromatic rings. The quantitative estimate of drug-likeness (QED) is 0.863. The van der Waals surface area contributed by atoms with Gasteiger partial charge in [0.1, 0.15) is 17.7 Å². The van der Waals surface area contributed by atoms with Crippen LogP contribution in [0.5, 0.6) is 0 Å². The van der Waals surface area contributed by atoms with Crippen molar-refractivity contribution in [3.63, 3.8) is 0 Å². The van der Waals surface area contributed by atoms with Crippen LogP contribution < -0.4 is 5.73 Å². The third-order valence-electron chi connectivity index (χ3n) is 4.11. The Morgan fingerprint density at radius 3 is 2.80 bits per heavy atom. The standard InChI is InChI=1S/C16H15F3N4O2/c17-16(18,19)10-3-1-2-9(4-10)13-5-11(24)7-23(13)15(25)12-6-21-8-22-14(12)20/h1-4,6,8,11,13,24H,5,7H2,(H2,20,21,22)/t11-,13+/m1/s1. The van der Waals surface area contributed by atoms with E-state index in [1.807, 2.05) is 0 Å². The summed E-state index contributed by atoms with van der Waals surface area (Å²) in [7, 11) is 0. The van der Waals surface area contributed by atoms with E-state index in [2.05, 4.69) is 9.97 Å². The summed E-state index contributed by atoms with van der Waals surface area (Å²) in [4.78, 5) is 21.5. The fourth-order valence-corrected chi connectivity index (χ4v) is 2.94. The zero-order valence-electron chi connectivity index (χ0n) is 12.9. The van der Waals surface area contributed by atoms with Crippen molar-refractivity contribution in [2.24, 2.45) is 0 Å². The second kappa shape index (κ2) is 6.32. The number of β-amino-alcohol motifs (C(OH)–C–C–N with tert-alkyl or cyclic N) is 1. The van der Waals surface area contributed by atoms with E-state index in [0.717, 1.165) is 12.1 Å². The van der Waals surface area contributed by atoms with Crippen molar-refractivity contribution >= 4 is 11.7 Å². The number of aliphatic hydroxyl groups excluding tert-OH is 1. The largest absolute Gasteiger partial charge is 0.416 e. The average molecular weight is 352 g/mol. The van der Waals surface area contributed by atoms with Crippen LogP contribution in [0.15, 0.2) is 36.8 Å². The summed E-state index contributed by atoms with van der Waals surface area (Å²) in [6.45, 7) is -0.00587. The molecule has 3 rings (SSSR count). The van der Waals surface area contributed by atoms with E-state index < -0.39 is 29.8 Å². The van der Waals surface area contributed by atoms with E-state index in [1.54, 1.807) is 0 Å². The molecule has 132 valence electrons. The molecule has 0 saturated carbocycles. The van der Waals surface area contributed by atoms with Gasteiger partial charge in [-0.25, -0.2) is 9.97 Å². The molecule has 1 saturated heterocycles. The van der Waals surface area contributed by atoms with Crippen LogP contribution in [-0.4, -0.2) is 38.5 Å². The Morgan fingerprint density at radius 1 is 1.36 bits per heavy atom. The highest BCUT2D eigenvalue weighted by Gasteiger charge is 2.38. The fraction of sp³-hybridized carbons (Fsp3) is 0.312. The first-order valence-corrected chi connectivity index (χ1v) is 7.49. The lowest BCUT2D eigenvalue weighted by molar-refractivity contribution is -0.137. The van der Waals surface area contributed by atoms with Crippen LogP contribution in [0.2, 0.25) is 0 Å². The second-order valence-corrected chi connectivity index (χ2v) is 5.81. The van der Waals surface area contributed by atoms with Gasteiger partial charge in [-0.05, 0) is 24.1 Å². The van der Waals surface area contributed by atoms with Crippen molar-refractivity contribution in [3.8, 4) is 0 Å². The number of amides is 1. The summed E-state index contributed by atoms with van der Waals surface area (Å²) >= 11 is 0. The summed E-state index contributed by atoms with van der Waals surface area (Å²) in [5.74, 6) is -0.554. The normalized spacial score (nSPS) is 20.7.